The van der Waals surface area contributed by atoms with Crippen LogP contribution < -0.4 is 5.32 Å². The molecule has 0 aliphatic rings. The molecule has 0 saturated carbocycles. The number of hydrogen-bond acceptors (Lipinski definition) is 4. The lowest BCUT2D eigenvalue weighted by molar-refractivity contribution is 0.0939. The van der Waals surface area contributed by atoms with Crippen molar-refractivity contribution in [3.8, 4) is 0 Å². The topological polar surface area (TPSA) is 68.3 Å². The van der Waals surface area contributed by atoms with Crippen LogP contribution >= 0.6 is 0 Å². The normalized spacial score (nSPS) is 10.0. The lowest BCUT2D eigenvalue weighted by Crippen LogP contribution is -2.22. The minimum Gasteiger partial charge on any atom is -0.467 e. The molecule has 1 N–H and O–H groups in total. The predicted molar refractivity (Wildman–Crippen MR) is 46.4 cm³/mol. The van der Waals surface area contributed by atoms with Crippen LogP contribution in [0.4, 0.5) is 0 Å². The SMILES string of the molecule is O=C(NCc1ccco1)c1ccon1. The fraction of sp³-hybridized carbons (Fsp3) is 0.111. The Bertz CT molecular complexity index is 392. The first-order chi connectivity index (χ1) is 6.86. The largest absolute Gasteiger partial charge is 0.467 e. The second-order valence-electron chi connectivity index (χ2n) is 2.65. The van der Waals surface area contributed by atoms with Gasteiger partial charge in [-0.3, -0.25) is 4.79 Å². The minimum atomic E-state index is -0.282. The quantitative estimate of drug-likeness (QED) is 0.793. The maximum absolute atomic E-state index is 11.3. The van der Waals surface area contributed by atoms with E-state index in [2.05, 4.69) is 15.0 Å². The number of nitrogens with one attached hydrogen (secondary N) is 1. The molecular formula is C9H8N2O3. The summed E-state index contributed by atoms with van der Waals surface area (Å²) in [7, 11) is 0. The van der Waals surface area contributed by atoms with Gasteiger partial charge in [0, 0.05) is 6.07 Å². The van der Waals surface area contributed by atoms with E-state index in [9.17, 15) is 4.79 Å². The number of aromatic nitrogens is 1. The molecule has 0 aromatic carbocycles. The highest BCUT2D eigenvalue weighted by Crippen LogP contribution is 2.00. The standard InChI is InChI=1S/C9H8N2O3/c12-9(8-3-5-14-11-8)10-6-7-2-1-4-13-7/h1-5H,6H2,(H,10,12). The van der Waals surface area contributed by atoms with Gasteiger partial charge < -0.3 is 14.3 Å². The van der Waals surface area contributed by atoms with E-state index >= 15 is 0 Å². The van der Waals surface area contributed by atoms with E-state index in [1.54, 1.807) is 18.4 Å². The van der Waals surface area contributed by atoms with E-state index in [0.717, 1.165) is 0 Å². The Morgan fingerprint density at radius 3 is 3.00 bits per heavy atom. The fourth-order valence-corrected chi connectivity index (χ4v) is 1.00. The van der Waals surface area contributed by atoms with E-state index in [1.165, 1.54) is 12.3 Å². The summed E-state index contributed by atoms with van der Waals surface area (Å²) in [6, 6.07) is 5.04. The first kappa shape index (κ1) is 8.55. The zero-order valence-corrected chi connectivity index (χ0v) is 7.27. The van der Waals surface area contributed by atoms with Gasteiger partial charge in [0.2, 0.25) is 0 Å². The van der Waals surface area contributed by atoms with Gasteiger partial charge in [0.1, 0.15) is 12.0 Å². The second kappa shape index (κ2) is 3.78. The molecule has 0 spiro atoms. The van der Waals surface area contributed by atoms with Crippen LogP contribution in [-0.2, 0) is 6.54 Å². The third-order valence-electron chi connectivity index (χ3n) is 1.67. The molecule has 0 atom stereocenters. The molecule has 0 unspecified atom stereocenters. The zero-order chi connectivity index (χ0) is 9.80. The van der Waals surface area contributed by atoms with Crippen molar-refractivity contribution in [1.82, 2.24) is 10.5 Å². The van der Waals surface area contributed by atoms with Gasteiger partial charge in [0.15, 0.2) is 5.69 Å². The van der Waals surface area contributed by atoms with Crippen LogP contribution in [0.3, 0.4) is 0 Å². The highest BCUT2D eigenvalue weighted by Gasteiger charge is 2.08. The molecule has 2 heterocycles. The van der Waals surface area contributed by atoms with E-state index in [-0.39, 0.29) is 11.6 Å². The smallest absolute Gasteiger partial charge is 0.273 e. The van der Waals surface area contributed by atoms with Gasteiger partial charge >= 0.3 is 0 Å². The maximum atomic E-state index is 11.3. The molecule has 0 aliphatic heterocycles. The number of rotatable bonds is 3. The van der Waals surface area contributed by atoms with Crippen molar-refractivity contribution in [2.45, 2.75) is 6.54 Å². The van der Waals surface area contributed by atoms with Crippen molar-refractivity contribution in [3.63, 3.8) is 0 Å². The lowest BCUT2D eigenvalue weighted by Gasteiger charge is -1.98. The second-order valence-corrected chi connectivity index (χ2v) is 2.65. The molecule has 72 valence electrons. The first-order valence-corrected chi connectivity index (χ1v) is 4.07. The van der Waals surface area contributed by atoms with E-state index in [0.29, 0.717) is 12.3 Å². The van der Waals surface area contributed by atoms with Crippen molar-refractivity contribution >= 4 is 5.91 Å². The van der Waals surface area contributed by atoms with Crippen molar-refractivity contribution < 1.29 is 13.7 Å². The van der Waals surface area contributed by atoms with Crippen molar-refractivity contribution in [2.75, 3.05) is 0 Å². The molecule has 14 heavy (non-hydrogen) atoms. The summed E-state index contributed by atoms with van der Waals surface area (Å²) < 4.78 is 9.58. The van der Waals surface area contributed by atoms with Crippen molar-refractivity contribution in [3.05, 3.63) is 42.2 Å². The first-order valence-electron chi connectivity index (χ1n) is 4.07. The number of hydrogen-bond donors (Lipinski definition) is 1. The molecule has 5 heteroatoms. The number of amides is 1. The average Bonchev–Trinajstić information content (AvgIpc) is 2.87. The summed E-state index contributed by atoms with van der Waals surface area (Å²) >= 11 is 0. The summed E-state index contributed by atoms with van der Waals surface area (Å²) in [6.45, 7) is 0.346. The molecular weight excluding hydrogens is 184 g/mol. The highest BCUT2D eigenvalue weighted by molar-refractivity contribution is 5.91. The Labute approximate surface area is 79.7 Å². The molecule has 1 amide bonds. The average molecular weight is 192 g/mol. The third kappa shape index (κ3) is 1.82. The molecule has 0 radical (unpaired) electrons. The van der Waals surface area contributed by atoms with Crippen LogP contribution in [0.2, 0.25) is 0 Å². The Balaban J connectivity index is 1.90. The summed E-state index contributed by atoms with van der Waals surface area (Å²) in [5, 5.41) is 6.13. The van der Waals surface area contributed by atoms with Gasteiger partial charge in [0.05, 0.1) is 12.8 Å². The van der Waals surface area contributed by atoms with E-state index < -0.39 is 0 Å². The van der Waals surface area contributed by atoms with Crippen molar-refractivity contribution in [1.29, 1.82) is 0 Å². The Morgan fingerprint density at radius 2 is 2.36 bits per heavy atom. The van der Waals surface area contributed by atoms with Gasteiger partial charge in [-0.05, 0) is 12.1 Å². The Morgan fingerprint density at radius 1 is 1.43 bits per heavy atom. The number of carbonyl (C=O) groups is 1. The predicted octanol–water partition coefficient (Wildman–Crippen LogP) is 1.20. The van der Waals surface area contributed by atoms with Crippen LogP contribution in [0, 0.1) is 0 Å². The van der Waals surface area contributed by atoms with Gasteiger partial charge in [-0.1, -0.05) is 5.16 Å². The Hall–Kier alpha value is -2.04. The molecule has 2 aromatic rings. The Kier molecular flexibility index (Phi) is 2.31. The van der Waals surface area contributed by atoms with Crippen molar-refractivity contribution in [2.24, 2.45) is 0 Å². The monoisotopic (exact) mass is 192 g/mol. The van der Waals surface area contributed by atoms with Crippen LogP contribution in [0.1, 0.15) is 16.2 Å². The van der Waals surface area contributed by atoms with Crippen LogP contribution in [0.25, 0.3) is 0 Å². The molecule has 2 rings (SSSR count). The number of furan rings is 1. The maximum Gasteiger partial charge on any atom is 0.273 e. The summed E-state index contributed by atoms with van der Waals surface area (Å²) in [6.07, 6.45) is 2.90. The summed E-state index contributed by atoms with van der Waals surface area (Å²) in [5.41, 5.74) is 0.261. The van der Waals surface area contributed by atoms with Gasteiger partial charge in [0.25, 0.3) is 5.91 Å². The minimum absolute atomic E-state index is 0.261. The van der Waals surface area contributed by atoms with Crippen LogP contribution in [0.5, 0.6) is 0 Å². The lowest BCUT2D eigenvalue weighted by atomic mass is 10.4. The fourth-order valence-electron chi connectivity index (χ4n) is 1.00. The van der Waals surface area contributed by atoms with Gasteiger partial charge in [-0.25, -0.2) is 0 Å². The number of carbonyl (C=O) groups excluding carboxylic acids is 1. The molecule has 5 nitrogen and oxygen atoms in total. The summed E-state index contributed by atoms with van der Waals surface area (Å²) in [4.78, 5) is 11.3. The summed E-state index contributed by atoms with van der Waals surface area (Å²) in [5.74, 6) is 0.414. The van der Waals surface area contributed by atoms with Gasteiger partial charge in [-0.2, -0.15) is 0 Å². The third-order valence-corrected chi connectivity index (χ3v) is 1.67. The van der Waals surface area contributed by atoms with Crippen LogP contribution in [0.15, 0.2) is 39.7 Å². The van der Waals surface area contributed by atoms with E-state index in [4.69, 9.17) is 4.42 Å². The zero-order valence-electron chi connectivity index (χ0n) is 7.27. The molecule has 0 aliphatic carbocycles. The molecule has 2 aromatic heterocycles. The number of nitrogens with zero attached hydrogens (tertiary/aromatic N) is 1. The molecule has 0 saturated heterocycles. The molecule has 0 bridgehead atoms. The van der Waals surface area contributed by atoms with Gasteiger partial charge in [-0.15, -0.1) is 0 Å². The highest BCUT2D eigenvalue weighted by atomic mass is 16.5. The van der Waals surface area contributed by atoms with Crippen LogP contribution in [-0.4, -0.2) is 11.1 Å². The molecule has 0 fully saturated rings. The van der Waals surface area contributed by atoms with E-state index in [1.807, 2.05) is 0 Å².